The van der Waals surface area contributed by atoms with Crippen molar-refractivity contribution in [3.05, 3.63) is 77.1 Å². The molecular formula is C23H23F4N5. The molecule has 0 amide bonds. The summed E-state index contributed by atoms with van der Waals surface area (Å²) in [5, 5.41) is 2.97. The van der Waals surface area contributed by atoms with Gasteiger partial charge in [0.05, 0.1) is 23.8 Å². The zero-order valence-corrected chi connectivity index (χ0v) is 17.5. The van der Waals surface area contributed by atoms with Gasteiger partial charge in [-0.15, -0.1) is 0 Å². The van der Waals surface area contributed by atoms with Crippen LogP contribution in [0.2, 0.25) is 0 Å². The van der Waals surface area contributed by atoms with Gasteiger partial charge in [0.2, 0.25) is 5.82 Å². The normalized spacial score (nSPS) is 16.4. The highest BCUT2D eigenvalue weighted by Crippen LogP contribution is 2.38. The van der Waals surface area contributed by atoms with E-state index in [1.54, 1.807) is 11.1 Å². The number of hydrogen-bond donors (Lipinski definition) is 1. The summed E-state index contributed by atoms with van der Waals surface area (Å²) in [6.45, 7) is 2.90. The van der Waals surface area contributed by atoms with E-state index >= 15 is 4.39 Å². The second-order valence-electron chi connectivity index (χ2n) is 7.70. The molecule has 4 rings (SSSR count). The first kappa shape index (κ1) is 22.0. The highest BCUT2D eigenvalue weighted by Gasteiger charge is 2.33. The fourth-order valence-corrected chi connectivity index (χ4v) is 3.89. The van der Waals surface area contributed by atoms with E-state index in [0.717, 1.165) is 36.2 Å². The molecule has 1 aromatic carbocycles. The molecule has 1 N–H and O–H groups in total. The maximum absolute atomic E-state index is 15.3. The van der Waals surface area contributed by atoms with Crippen molar-refractivity contribution in [3.8, 4) is 0 Å². The molecule has 0 bridgehead atoms. The molecule has 1 fully saturated rings. The minimum Gasteiger partial charge on any atom is -0.362 e. The van der Waals surface area contributed by atoms with Gasteiger partial charge in [-0.05, 0) is 48.6 Å². The van der Waals surface area contributed by atoms with Crippen LogP contribution >= 0.6 is 0 Å². The summed E-state index contributed by atoms with van der Waals surface area (Å²) in [5.41, 5.74) is 1.87. The summed E-state index contributed by atoms with van der Waals surface area (Å²) in [7, 11) is 0. The van der Waals surface area contributed by atoms with E-state index in [0.29, 0.717) is 25.1 Å². The quantitative estimate of drug-likeness (QED) is 0.505. The van der Waals surface area contributed by atoms with E-state index in [9.17, 15) is 13.2 Å². The van der Waals surface area contributed by atoms with Gasteiger partial charge in [0, 0.05) is 12.7 Å². The molecule has 0 radical (unpaired) electrons. The van der Waals surface area contributed by atoms with Gasteiger partial charge < -0.3 is 10.2 Å². The van der Waals surface area contributed by atoms with Gasteiger partial charge in [0.15, 0.2) is 11.6 Å². The average Bonchev–Trinajstić information content (AvgIpc) is 3.28. The van der Waals surface area contributed by atoms with Crippen LogP contribution in [-0.4, -0.2) is 21.5 Å². The Balaban J connectivity index is 1.52. The van der Waals surface area contributed by atoms with Gasteiger partial charge in [-0.2, -0.15) is 17.6 Å². The molecule has 9 heteroatoms. The number of benzene rings is 1. The summed E-state index contributed by atoms with van der Waals surface area (Å²) in [4.78, 5) is 14.3. The second-order valence-corrected chi connectivity index (χ2v) is 7.70. The predicted octanol–water partition coefficient (Wildman–Crippen LogP) is 5.55. The molecule has 2 aromatic heterocycles. The number of anilines is 2. The number of pyridine rings is 1. The zero-order chi connectivity index (χ0) is 22.7. The van der Waals surface area contributed by atoms with E-state index in [-0.39, 0.29) is 17.7 Å². The Hall–Kier alpha value is -3.23. The molecule has 0 spiro atoms. The van der Waals surface area contributed by atoms with E-state index < -0.39 is 17.6 Å². The summed E-state index contributed by atoms with van der Waals surface area (Å²) in [5.74, 6) is -0.384. The lowest BCUT2D eigenvalue weighted by Crippen LogP contribution is -2.25. The average molecular weight is 445 g/mol. The Labute approximate surface area is 183 Å². The molecule has 1 unspecified atom stereocenters. The molecule has 1 saturated heterocycles. The number of nitrogens with one attached hydrogen (secondary N) is 1. The largest absolute Gasteiger partial charge is 0.416 e. The van der Waals surface area contributed by atoms with Crippen molar-refractivity contribution in [3.63, 3.8) is 0 Å². The Kier molecular flexibility index (Phi) is 6.25. The van der Waals surface area contributed by atoms with E-state index in [1.165, 1.54) is 18.5 Å². The molecule has 0 aliphatic carbocycles. The van der Waals surface area contributed by atoms with Crippen molar-refractivity contribution >= 4 is 11.6 Å². The van der Waals surface area contributed by atoms with Crippen LogP contribution in [0.25, 0.3) is 0 Å². The van der Waals surface area contributed by atoms with Crippen LogP contribution in [0.4, 0.5) is 29.2 Å². The maximum atomic E-state index is 15.3. The fraction of sp³-hybridized carbons (Fsp3) is 0.348. The van der Waals surface area contributed by atoms with E-state index in [2.05, 4.69) is 20.3 Å². The Morgan fingerprint density at radius 3 is 2.50 bits per heavy atom. The molecule has 0 saturated carbocycles. The Morgan fingerprint density at radius 2 is 1.84 bits per heavy atom. The van der Waals surface area contributed by atoms with Crippen LogP contribution in [0.15, 0.2) is 48.9 Å². The van der Waals surface area contributed by atoms with Crippen molar-refractivity contribution in [1.82, 2.24) is 15.0 Å². The Morgan fingerprint density at radius 1 is 1.06 bits per heavy atom. The highest BCUT2D eigenvalue weighted by atomic mass is 19.4. The minimum atomic E-state index is -4.39. The summed E-state index contributed by atoms with van der Waals surface area (Å²) < 4.78 is 53.9. The van der Waals surface area contributed by atoms with E-state index in [1.807, 2.05) is 19.1 Å². The number of nitrogens with zero attached hydrogens (tertiary/aromatic N) is 4. The number of halogens is 4. The van der Waals surface area contributed by atoms with Crippen molar-refractivity contribution in [1.29, 1.82) is 0 Å². The summed E-state index contributed by atoms with van der Waals surface area (Å²) >= 11 is 0. The van der Waals surface area contributed by atoms with Gasteiger partial charge in [0.1, 0.15) is 6.33 Å². The molecule has 5 nitrogen and oxygen atoms in total. The van der Waals surface area contributed by atoms with Crippen LogP contribution in [0.5, 0.6) is 0 Å². The molecule has 1 aliphatic rings. The number of alkyl halides is 3. The monoisotopic (exact) mass is 445 g/mol. The second kappa shape index (κ2) is 9.10. The van der Waals surface area contributed by atoms with Crippen molar-refractivity contribution < 1.29 is 17.6 Å². The first-order valence-corrected chi connectivity index (χ1v) is 10.5. The number of aryl methyl sites for hydroxylation is 1. The zero-order valence-electron chi connectivity index (χ0n) is 17.5. The molecular weight excluding hydrogens is 422 g/mol. The smallest absolute Gasteiger partial charge is 0.362 e. The SMILES string of the molecule is CCc1ccc(CNc2ncnc(N3CCCC3c3ccc(C(F)(F)F)cc3)c2F)nc1. The summed E-state index contributed by atoms with van der Waals surface area (Å²) in [6.07, 6.45) is 1.06. The van der Waals surface area contributed by atoms with Crippen molar-refractivity contribution in [2.24, 2.45) is 0 Å². The third kappa shape index (κ3) is 4.66. The molecule has 3 aromatic rings. The van der Waals surface area contributed by atoms with Crippen LogP contribution in [-0.2, 0) is 19.1 Å². The molecule has 1 aliphatic heterocycles. The van der Waals surface area contributed by atoms with Gasteiger partial charge >= 0.3 is 6.18 Å². The lowest BCUT2D eigenvalue weighted by Gasteiger charge is -2.27. The lowest BCUT2D eigenvalue weighted by atomic mass is 10.0. The van der Waals surface area contributed by atoms with Crippen molar-refractivity contribution in [2.75, 3.05) is 16.8 Å². The van der Waals surface area contributed by atoms with Gasteiger partial charge in [0.25, 0.3) is 0 Å². The molecule has 168 valence electrons. The van der Waals surface area contributed by atoms with Crippen LogP contribution in [0.3, 0.4) is 0 Å². The highest BCUT2D eigenvalue weighted by molar-refractivity contribution is 5.53. The fourth-order valence-electron chi connectivity index (χ4n) is 3.89. The molecule has 1 atom stereocenters. The van der Waals surface area contributed by atoms with Crippen LogP contribution in [0.1, 0.15) is 48.2 Å². The Bertz CT molecular complexity index is 1050. The number of aromatic nitrogens is 3. The molecule has 32 heavy (non-hydrogen) atoms. The van der Waals surface area contributed by atoms with Crippen LogP contribution < -0.4 is 10.2 Å². The standard InChI is InChI=1S/C23H23F4N5/c1-2-15-5-10-18(28-12-15)13-29-21-20(24)22(31-14-30-21)32-11-3-4-19(32)16-6-8-17(9-7-16)23(25,26)27/h5-10,12,14,19H,2-4,11,13H2,1H3,(H,29,30,31). The maximum Gasteiger partial charge on any atom is 0.416 e. The predicted molar refractivity (Wildman–Crippen MR) is 114 cm³/mol. The topological polar surface area (TPSA) is 53.9 Å². The number of rotatable bonds is 6. The van der Waals surface area contributed by atoms with Gasteiger partial charge in [-0.25, -0.2) is 9.97 Å². The number of hydrogen-bond acceptors (Lipinski definition) is 5. The third-order valence-corrected chi connectivity index (χ3v) is 5.65. The van der Waals surface area contributed by atoms with Gasteiger partial charge in [-0.1, -0.05) is 25.1 Å². The van der Waals surface area contributed by atoms with Crippen molar-refractivity contribution in [2.45, 2.75) is 44.9 Å². The summed E-state index contributed by atoms with van der Waals surface area (Å²) in [6, 6.07) is 8.64. The minimum absolute atomic E-state index is 0.0643. The first-order valence-electron chi connectivity index (χ1n) is 10.5. The molecule has 3 heterocycles. The van der Waals surface area contributed by atoms with Gasteiger partial charge in [-0.3, -0.25) is 4.98 Å². The van der Waals surface area contributed by atoms with Crippen LogP contribution in [0, 0.1) is 5.82 Å². The first-order chi connectivity index (χ1) is 15.4. The van der Waals surface area contributed by atoms with E-state index in [4.69, 9.17) is 0 Å². The lowest BCUT2D eigenvalue weighted by molar-refractivity contribution is -0.137. The third-order valence-electron chi connectivity index (χ3n) is 5.65.